The molecule has 0 radical (unpaired) electrons. The zero-order chi connectivity index (χ0) is 26.6. The molecule has 1 N–H and O–H groups in total. The van der Waals surface area contributed by atoms with Gasteiger partial charge >= 0.3 is 6.18 Å². The molecular weight excluding hydrogens is 509 g/mol. The maximum atomic E-state index is 14.1. The van der Waals surface area contributed by atoms with Crippen LogP contribution in [0.1, 0.15) is 50.5 Å². The van der Waals surface area contributed by atoms with E-state index >= 15 is 0 Å². The molecule has 1 aromatic heterocycles. The summed E-state index contributed by atoms with van der Waals surface area (Å²) in [6, 6.07) is 5.23. The zero-order valence-corrected chi connectivity index (χ0v) is 21.0. The van der Waals surface area contributed by atoms with E-state index in [0.717, 1.165) is 31.4 Å². The van der Waals surface area contributed by atoms with Crippen LogP contribution in [0, 0.1) is 17.2 Å². The monoisotopic (exact) mass is 536 g/mol. The topological polar surface area (TPSA) is 114 Å². The summed E-state index contributed by atoms with van der Waals surface area (Å²) in [5, 5.41) is 14.8. The van der Waals surface area contributed by atoms with Gasteiger partial charge in [-0.25, -0.2) is 8.42 Å². The minimum Gasteiger partial charge on any atom is -0.374 e. The molecular formula is C25H27F3N4O4S. The summed E-state index contributed by atoms with van der Waals surface area (Å²) in [5.74, 6) is -1.35. The van der Waals surface area contributed by atoms with Gasteiger partial charge in [0.25, 0.3) is 0 Å². The fourth-order valence-corrected chi connectivity index (χ4v) is 7.04. The number of hydrogen-bond donors (Lipinski definition) is 1. The smallest absolute Gasteiger partial charge is 0.374 e. The lowest BCUT2D eigenvalue weighted by Gasteiger charge is -2.31. The largest absolute Gasteiger partial charge is 0.417 e. The first-order valence-corrected chi connectivity index (χ1v) is 13.8. The van der Waals surface area contributed by atoms with Gasteiger partial charge in [0.2, 0.25) is 5.91 Å². The molecule has 0 unspecified atom stereocenters. The molecule has 2 aromatic rings. The van der Waals surface area contributed by atoms with Crippen molar-refractivity contribution in [1.29, 1.82) is 5.26 Å². The molecule has 0 saturated heterocycles. The number of halogens is 3. The molecule has 198 valence electrons. The maximum absolute atomic E-state index is 14.1. The molecule has 1 heterocycles. The number of aryl methyl sites for hydroxylation is 1. The number of amides is 1. The number of carbonyl (C=O) groups is 1. The Morgan fingerprint density at radius 2 is 1.97 bits per heavy atom. The highest BCUT2D eigenvalue weighted by Crippen LogP contribution is 2.44. The van der Waals surface area contributed by atoms with Crippen LogP contribution in [0.15, 0.2) is 35.5 Å². The van der Waals surface area contributed by atoms with Crippen molar-refractivity contribution in [3.63, 3.8) is 0 Å². The summed E-state index contributed by atoms with van der Waals surface area (Å²) < 4.78 is 77.1. The molecule has 0 spiro atoms. The fraction of sp³-hybridized carbons (Fsp3) is 0.560. The number of aromatic nitrogens is 2. The van der Waals surface area contributed by atoms with E-state index in [0.29, 0.717) is 18.4 Å². The van der Waals surface area contributed by atoms with Crippen LogP contribution in [0.5, 0.6) is 0 Å². The molecule has 12 heteroatoms. The van der Waals surface area contributed by atoms with Gasteiger partial charge in [0.15, 0.2) is 9.84 Å². The summed E-state index contributed by atoms with van der Waals surface area (Å²) in [5.41, 5.74) is -1.57. The molecule has 3 fully saturated rings. The third-order valence-electron chi connectivity index (χ3n) is 7.61. The fourth-order valence-electron chi connectivity index (χ4n) is 5.04. The number of alkyl halides is 3. The standard InChI is InChI=1S/C25H27F3N4O4S/c1-32-13-16(12-30-32)15-5-6-22(20(9-15)25(26,27)28)37(34,35)18-10-19(21(11-18)36-17-3-2-4-17)23(33)31-24(14-29)7-8-24/h5-6,9,12-13,17-19,21H,2-4,7-8,10-11H2,1H3,(H,31,33)/t18-,19-,21-/m0/s1. The van der Waals surface area contributed by atoms with Gasteiger partial charge < -0.3 is 10.1 Å². The van der Waals surface area contributed by atoms with Crippen LogP contribution in [0.25, 0.3) is 11.1 Å². The van der Waals surface area contributed by atoms with Crippen LogP contribution in [-0.2, 0) is 32.6 Å². The third kappa shape index (κ3) is 4.99. The molecule has 3 saturated carbocycles. The Labute approximate surface area is 212 Å². The van der Waals surface area contributed by atoms with Crippen molar-refractivity contribution in [1.82, 2.24) is 15.1 Å². The Morgan fingerprint density at radius 1 is 1.24 bits per heavy atom. The van der Waals surface area contributed by atoms with Gasteiger partial charge in [0.05, 0.1) is 46.1 Å². The second kappa shape index (κ2) is 9.13. The van der Waals surface area contributed by atoms with Gasteiger partial charge in [-0.2, -0.15) is 23.5 Å². The molecule has 1 amide bonds. The molecule has 8 nitrogen and oxygen atoms in total. The van der Waals surface area contributed by atoms with Crippen LogP contribution in [0.4, 0.5) is 13.2 Å². The number of hydrogen-bond acceptors (Lipinski definition) is 6. The van der Waals surface area contributed by atoms with E-state index < -0.39 is 55.2 Å². The van der Waals surface area contributed by atoms with Crippen LogP contribution in [0.3, 0.4) is 0 Å². The highest BCUT2D eigenvalue weighted by atomic mass is 32.2. The zero-order valence-electron chi connectivity index (χ0n) is 20.2. The molecule has 37 heavy (non-hydrogen) atoms. The van der Waals surface area contributed by atoms with E-state index in [-0.39, 0.29) is 24.5 Å². The second-order valence-corrected chi connectivity index (χ2v) is 12.5. The number of nitriles is 1. The van der Waals surface area contributed by atoms with E-state index in [1.165, 1.54) is 16.9 Å². The van der Waals surface area contributed by atoms with Crippen molar-refractivity contribution in [2.75, 3.05) is 0 Å². The van der Waals surface area contributed by atoms with Gasteiger partial charge in [0.1, 0.15) is 5.54 Å². The van der Waals surface area contributed by atoms with E-state index in [1.807, 2.05) is 0 Å². The summed E-state index contributed by atoms with van der Waals surface area (Å²) in [6.45, 7) is 0. The number of carbonyl (C=O) groups excluding carboxylic acids is 1. The molecule has 0 aliphatic heterocycles. The van der Waals surface area contributed by atoms with Crippen LogP contribution in [0.2, 0.25) is 0 Å². The van der Waals surface area contributed by atoms with Gasteiger partial charge in [-0.1, -0.05) is 6.07 Å². The van der Waals surface area contributed by atoms with Gasteiger partial charge in [-0.05, 0) is 62.6 Å². The van der Waals surface area contributed by atoms with Crippen molar-refractivity contribution in [2.24, 2.45) is 13.0 Å². The Kier molecular flexibility index (Phi) is 6.35. The average molecular weight is 537 g/mol. The van der Waals surface area contributed by atoms with E-state index in [2.05, 4.69) is 16.5 Å². The second-order valence-electron chi connectivity index (χ2n) is 10.3. The van der Waals surface area contributed by atoms with Crippen LogP contribution >= 0.6 is 0 Å². The predicted molar refractivity (Wildman–Crippen MR) is 126 cm³/mol. The minimum absolute atomic E-state index is 0.0852. The molecule has 5 rings (SSSR count). The molecule has 3 aliphatic rings. The predicted octanol–water partition coefficient (Wildman–Crippen LogP) is 3.77. The number of benzene rings is 1. The van der Waals surface area contributed by atoms with Gasteiger partial charge in [-0.3, -0.25) is 9.48 Å². The normalized spacial score (nSPS) is 25.3. The van der Waals surface area contributed by atoms with Crippen LogP contribution < -0.4 is 5.32 Å². The molecule has 3 aliphatic carbocycles. The summed E-state index contributed by atoms with van der Waals surface area (Å²) in [7, 11) is -2.84. The minimum atomic E-state index is -4.91. The highest BCUT2D eigenvalue weighted by Gasteiger charge is 2.51. The lowest BCUT2D eigenvalue weighted by Crippen LogP contribution is -2.43. The van der Waals surface area contributed by atoms with Crippen LogP contribution in [-0.4, -0.2) is 47.1 Å². The Bertz CT molecular complexity index is 1360. The number of ether oxygens (including phenoxy) is 1. The van der Waals surface area contributed by atoms with Gasteiger partial charge in [-0.15, -0.1) is 0 Å². The first kappa shape index (κ1) is 25.7. The van der Waals surface area contributed by atoms with Crippen molar-refractivity contribution >= 4 is 15.7 Å². The Morgan fingerprint density at radius 3 is 2.51 bits per heavy atom. The first-order chi connectivity index (χ1) is 17.4. The lowest BCUT2D eigenvalue weighted by atomic mass is 9.95. The van der Waals surface area contributed by atoms with E-state index in [1.54, 1.807) is 13.2 Å². The van der Waals surface area contributed by atoms with E-state index in [9.17, 15) is 31.6 Å². The molecule has 0 bridgehead atoms. The summed E-state index contributed by atoms with van der Waals surface area (Å²) >= 11 is 0. The Hall–Kier alpha value is -2.91. The number of rotatable bonds is 7. The third-order valence-corrected chi connectivity index (χ3v) is 9.84. The van der Waals surface area contributed by atoms with E-state index in [4.69, 9.17) is 4.74 Å². The maximum Gasteiger partial charge on any atom is 0.417 e. The molecule has 3 atom stereocenters. The van der Waals surface area contributed by atoms with Crippen molar-refractivity contribution in [3.05, 3.63) is 36.2 Å². The van der Waals surface area contributed by atoms with Crippen molar-refractivity contribution < 1.29 is 31.1 Å². The quantitative estimate of drug-likeness (QED) is 0.576. The average Bonchev–Trinajstić information content (AvgIpc) is 3.23. The van der Waals surface area contributed by atoms with Crippen molar-refractivity contribution in [2.45, 2.75) is 79.0 Å². The SMILES string of the molecule is Cn1cc(-c2ccc(S(=O)(=O)[C@@H]3C[C@H](OC4CCC4)[C@@H](C(=O)NC4(C#N)CC4)C3)c(C(F)(F)F)c2)cn1. The first-order valence-electron chi connectivity index (χ1n) is 12.2. The van der Waals surface area contributed by atoms with Crippen molar-refractivity contribution in [3.8, 4) is 17.2 Å². The number of nitrogens with zero attached hydrogens (tertiary/aromatic N) is 3. The van der Waals surface area contributed by atoms with Gasteiger partial charge in [0, 0.05) is 18.8 Å². The molecule has 1 aromatic carbocycles. The highest BCUT2D eigenvalue weighted by molar-refractivity contribution is 7.92. The number of nitrogens with one attached hydrogen (secondary N) is 1. The summed E-state index contributed by atoms with van der Waals surface area (Å²) in [6.07, 6.45) is 0.491. The number of sulfone groups is 1. The Balaban J connectivity index is 1.46. The lowest BCUT2D eigenvalue weighted by molar-refractivity contribution is -0.140. The summed E-state index contributed by atoms with van der Waals surface area (Å²) in [4.78, 5) is 12.3.